The van der Waals surface area contributed by atoms with Crippen LogP contribution in [0.25, 0.3) is 11.1 Å². The van der Waals surface area contributed by atoms with Crippen molar-refractivity contribution in [1.82, 2.24) is 9.78 Å². The summed E-state index contributed by atoms with van der Waals surface area (Å²) in [4.78, 5) is 0. The molecule has 1 aromatic carbocycles. The van der Waals surface area contributed by atoms with Gasteiger partial charge in [0.05, 0.1) is 12.2 Å². The number of hydrogen-bond donors (Lipinski definition) is 0. The summed E-state index contributed by atoms with van der Waals surface area (Å²) in [5.41, 5.74) is 2.53. The molecule has 0 amide bonds. The third kappa shape index (κ3) is 2.92. The van der Waals surface area contributed by atoms with Crippen molar-refractivity contribution < 1.29 is 0 Å². The van der Waals surface area contributed by atoms with Gasteiger partial charge in [-0.25, -0.2) is 0 Å². The lowest BCUT2D eigenvalue weighted by Crippen LogP contribution is -2.22. The summed E-state index contributed by atoms with van der Waals surface area (Å²) in [7, 11) is 0. The van der Waals surface area contributed by atoms with Gasteiger partial charge >= 0.3 is 0 Å². The summed E-state index contributed by atoms with van der Waals surface area (Å²) < 4.78 is 3.49. The molecule has 2 aromatic rings. The molecule has 3 rings (SSSR count). The van der Waals surface area contributed by atoms with Gasteiger partial charge in [-0.15, -0.1) is 0 Å². The molecule has 1 aromatic heterocycles. The van der Waals surface area contributed by atoms with Crippen molar-refractivity contribution in [1.29, 1.82) is 0 Å². The molecule has 0 aliphatic heterocycles. The number of nitrogens with zero attached hydrogens (tertiary/aromatic N) is 2. The van der Waals surface area contributed by atoms with Gasteiger partial charge in [-0.3, -0.25) is 4.68 Å². The van der Waals surface area contributed by atoms with Crippen LogP contribution in [-0.4, -0.2) is 9.78 Å². The van der Waals surface area contributed by atoms with Crippen LogP contribution in [0.5, 0.6) is 0 Å². The largest absolute Gasteiger partial charge is 0.269 e. The highest BCUT2D eigenvalue weighted by atomic mass is 127. The minimum Gasteiger partial charge on any atom is -0.269 e. The predicted molar refractivity (Wildman–Crippen MR) is 91.6 cm³/mol. The lowest BCUT2D eigenvalue weighted by atomic mass is 9.80. The molecule has 1 saturated carbocycles. The second kappa shape index (κ2) is 5.88. The van der Waals surface area contributed by atoms with E-state index in [2.05, 4.69) is 76.7 Å². The van der Waals surface area contributed by atoms with Crippen LogP contribution >= 0.6 is 22.6 Å². The fraction of sp³-hybridized carbons (Fsp3) is 0.471. The average Bonchev–Trinajstić information content (AvgIpc) is 2.87. The first-order chi connectivity index (χ1) is 9.63. The topological polar surface area (TPSA) is 17.8 Å². The Labute approximate surface area is 134 Å². The van der Waals surface area contributed by atoms with Gasteiger partial charge in [0.1, 0.15) is 0 Å². The minimum absolute atomic E-state index is 0.573. The molecule has 0 spiro atoms. The van der Waals surface area contributed by atoms with E-state index >= 15 is 0 Å². The summed E-state index contributed by atoms with van der Waals surface area (Å²) >= 11 is 2.40. The quantitative estimate of drug-likeness (QED) is 0.659. The monoisotopic (exact) mass is 380 g/mol. The third-order valence-electron chi connectivity index (χ3n) is 4.31. The van der Waals surface area contributed by atoms with Crippen molar-refractivity contribution in [3.63, 3.8) is 0 Å². The van der Waals surface area contributed by atoms with E-state index < -0.39 is 0 Å². The fourth-order valence-corrected chi connectivity index (χ4v) is 4.19. The Kier molecular flexibility index (Phi) is 4.15. The first-order valence-corrected chi connectivity index (χ1v) is 8.50. The zero-order valence-electron chi connectivity index (χ0n) is 12.1. The maximum atomic E-state index is 4.64. The van der Waals surface area contributed by atoms with Gasteiger partial charge in [-0.05, 0) is 65.3 Å². The molecule has 3 heteroatoms. The van der Waals surface area contributed by atoms with Crippen molar-refractivity contribution in [2.45, 2.75) is 39.2 Å². The maximum absolute atomic E-state index is 4.64. The molecule has 1 fully saturated rings. The van der Waals surface area contributed by atoms with Crippen molar-refractivity contribution in [2.75, 3.05) is 0 Å². The summed E-state index contributed by atoms with van der Waals surface area (Å²) in [5, 5.41) is 4.64. The van der Waals surface area contributed by atoms with Gasteiger partial charge < -0.3 is 0 Å². The third-order valence-corrected chi connectivity index (χ3v) is 5.25. The van der Waals surface area contributed by atoms with Crippen molar-refractivity contribution in [3.05, 3.63) is 40.2 Å². The molecule has 1 aliphatic rings. The van der Waals surface area contributed by atoms with E-state index in [1.807, 2.05) is 6.20 Å². The first-order valence-electron chi connectivity index (χ1n) is 7.42. The SMILES string of the molecule is CC1CC(C)CC(n2cc(-c3ccccc3I)cn2)C1. The van der Waals surface area contributed by atoms with E-state index in [4.69, 9.17) is 0 Å². The molecular weight excluding hydrogens is 359 g/mol. The highest BCUT2D eigenvalue weighted by molar-refractivity contribution is 14.1. The first kappa shape index (κ1) is 14.1. The Morgan fingerprint density at radius 1 is 1.10 bits per heavy atom. The zero-order chi connectivity index (χ0) is 14.1. The normalized spacial score (nSPS) is 26.6. The molecule has 2 nitrogen and oxygen atoms in total. The van der Waals surface area contributed by atoms with E-state index in [0.29, 0.717) is 6.04 Å². The Morgan fingerprint density at radius 2 is 1.80 bits per heavy atom. The number of rotatable bonds is 2. The van der Waals surface area contributed by atoms with Crippen LogP contribution in [0, 0.1) is 15.4 Å². The van der Waals surface area contributed by atoms with Crippen molar-refractivity contribution >= 4 is 22.6 Å². The zero-order valence-corrected chi connectivity index (χ0v) is 14.2. The van der Waals surface area contributed by atoms with Crippen LogP contribution in [0.3, 0.4) is 0 Å². The highest BCUT2D eigenvalue weighted by Crippen LogP contribution is 2.36. The van der Waals surface area contributed by atoms with E-state index in [1.165, 1.54) is 34.0 Å². The second-order valence-corrected chi connectivity index (χ2v) is 7.42. The Bertz CT molecular complexity index is 580. The lowest BCUT2D eigenvalue weighted by Gasteiger charge is -2.31. The number of halogens is 1. The minimum atomic E-state index is 0.573. The number of hydrogen-bond acceptors (Lipinski definition) is 1. The van der Waals surface area contributed by atoms with E-state index in [1.54, 1.807) is 0 Å². The average molecular weight is 380 g/mol. The summed E-state index contributed by atoms with van der Waals surface area (Å²) in [5.74, 6) is 1.63. The molecule has 0 N–H and O–H groups in total. The van der Waals surface area contributed by atoms with E-state index in [-0.39, 0.29) is 0 Å². The predicted octanol–water partition coefficient (Wildman–Crippen LogP) is 5.15. The van der Waals surface area contributed by atoms with E-state index in [9.17, 15) is 0 Å². The molecule has 1 heterocycles. The van der Waals surface area contributed by atoms with Crippen molar-refractivity contribution in [2.24, 2.45) is 11.8 Å². The summed E-state index contributed by atoms with van der Waals surface area (Å²) in [6, 6.07) is 9.08. The van der Waals surface area contributed by atoms with Crippen LogP contribution < -0.4 is 0 Å². The standard InChI is InChI=1S/C17H21IN2/c1-12-7-13(2)9-15(8-12)20-11-14(10-19-20)16-5-3-4-6-17(16)18/h3-6,10-13,15H,7-9H2,1-2H3. The maximum Gasteiger partial charge on any atom is 0.0568 e. The Hall–Kier alpha value is -0.840. The van der Waals surface area contributed by atoms with Gasteiger partial charge in [0, 0.05) is 15.3 Å². The summed E-state index contributed by atoms with van der Waals surface area (Å²) in [6.07, 6.45) is 8.13. The molecule has 0 bridgehead atoms. The van der Waals surface area contributed by atoms with Crippen LogP contribution in [0.15, 0.2) is 36.7 Å². The van der Waals surface area contributed by atoms with Crippen LogP contribution in [0.4, 0.5) is 0 Å². The molecule has 20 heavy (non-hydrogen) atoms. The van der Waals surface area contributed by atoms with Gasteiger partial charge in [0.2, 0.25) is 0 Å². The van der Waals surface area contributed by atoms with Crippen LogP contribution in [-0.2, 0) is 0 Å². The second-order valence-electron chi connectivity index (χ2n) is 6.26. The molecule has 0 radical (unpaired) electrons. The number of aromatic nitrogens is 2. The Balaban J connectivity index is 1.85. The van der Waals surface area contributed by atoms with Gasteiger partial charge in [0.15, 0.2) is 0 Å². The highest BCUT2D eigenvalue weighted by Gasteiger charge is 2.25. The molecule has 106 valence electrons. The summed E-state index contributed by atoms with van der Waals surface area (Å²) in [6.45, 7) is 4.74. The smallest absolute Gasteiger partial charge is 0.0568 e. The lowest BCUT2D eigenvalue weighted by molar-refractivity contribution is 0.210. The molecule has 1 aliphatic carbocycles. The van der Waals surface area contributed by atoms with Gasteiger partial charge in [-0.2, -0.15) is 5.10 Å². The van der Waals surface area contributed by atoms with Gasteiger partial charge in [0.25, 0.3) is 0 Å². The van der Waals surface area contributed by atoms with Crippen molar-refractivity contribution in [3.8, 4) is 11.1 Å². The van der Waals surface area contributed by atoms with Crippen LogP contribution in [0.2, 0.25) is 0 Å². The molecular formula is C17H21IN2. The van der Waals surface area contributed by atoms with Crippen LogP contribution in [0.1, 0.15) is 39.2 Å². The fourth-order valence-electron chi connectivity index (χ4n) is 3.49. The molecule has 2 unspecified atom stereocenters. The molecule has 0 saturated heterocycles. The van der Waals surface area contributed by atoms with Gasteiger partial charge in [-0.1, -0.05) is 32.0 Å². The van der Waals surface area contributed by atoms with E-state index in [0.717, 1.165) is 11.8 Å². The molecule has 2 atom stereocenters. The Morgan fingerprint density at radius 3 is 2.50 bits per heavy atom. The number of benzene rings is 1.